The quantitative estimate of drug-likeness (QED) is 0.727. The standard InChI is InChI=1S/C12H14N4O4/c1-7-5-11(19)15(13-7)9(17)3-4-10(18)16-12(20)6-8(2)14-16/h3-6H2,1-2H3. The molecule has 2 rings (SSSR count). The normalized spacial score (nSPS) is 18.5. The number of hydrogen-bond acceptors (Lipinski definition) is 6. The first-order chi connectivity index (χ1) is 9.38. The molecule has 0 fully saturated rings. The monoisotopic (exact) mass is 278 g/mol. The Morgan fingerprint density at radius 2 is 1.25 bits per heavy atom. The smallest absolute Gasteiger partial charge is 0.255 e. The van der Waals surface area contributed by atoms with E-state index in [-0.39, 0.29) is 25.7 Å². The van der Waals surface area contributed by atoms with Gasteiger partial charge in [-0.3, -0.25) is 19.2 Å². The van der Waals surface area contributed by atoms with Crippen LogP contribution < -0.4 is 0 Å². The van der Waals surface area contributed by atoms with Crippen LogP contribution in [-0.2, 0) is 19.2 Å². The lowest BCUT2D eigenvalue weighted by Gasteiger charge is -2.11. The molecule has 0 aliphatic carbocycles. The van der Waals surface area contributed by atoms with Crippen LogP contribution in [0.3, 0.4) is 0 Å². The molecule has 0 aromatic heterocycles. The van der Waals surface area contributed by atoms with E-state index in [9.17, 15) is 19.2 Å². The van der Waals surface area contributed by atoms with Crippen molar-refractivity contribution in [3.8, 4) is 0 Å². The predicted molar refractivity (Wildman–Crippen MR) is 68.4 cm³/mol. The molecule has 2 aliphatic rings. The van der Waals surface area contributed by atoms with Gasteiger partial charge in [-0.25, -0.2) is 0 Å². The van der Waals surface area contributed by atoms with Crippen LogP contribution in [0.15, 0.2) is 10.2 Å². The summed E-state index contributed by atoms with van der Waals surface area (Å²) in [6.07, 6.45) is -0.124. The van der Waals surface area contributed by atoms with Crippen molar-refractivity contribution in [3.05, 3.63) is 0 Å². The highest BCUT2D eigenvalue weighted by atomic mass is 16.2. The van der Waals surface area contributed by atoms with Gasteiger partial charge in [-0.05, 0) is 13.8 Å². The average Bonchev–Trinajstić information content (AvgIpc) is 2.88. The van der Waals surface area contributed by atoms with Crippen molar-refractivity contribution in [2.75, 3.05) is 0 Å². The third-order valence-electron chi connectivity index (χ3n) is 2.85. The Morgan fingerprint density at radius 1 is 0.900 bits per heavy atom. The summed E-state index contributed by atoms with van der Waals surface area (Å²) in [6.45, 7) is 3.30. The molecule has 0 aromatic rings. The van der Waals surface area contributed by atoms with E-state index < -0.39 is 23.6 Å². The van der Waals surface area contributed by atoms with Gasteiger partial charge in [0, 0.05) is 24.3 Å². The average molecular weight is 278 g/mol. The number of rotatable bonds is 3. The van der Waals surface area contributed by atoms with Crippen LogP contribution in [0.1, 0.15) is 39.5 Å². The third-order valence-corrected chi connectivity index (χ3v) is 2.85. The molecule has 0 aromatic carbocycles. The highest BCUT2D eigenvalue weighted by molar-refractivity contribution is 6.12. The Bertz CT molecular complexity index is 514. The molecule has 0 saturated carbocycles. The molecule has 2 aliphatic heterocycles. The van der Waals surface area contributed by atoms with Crippen LogP contribution in [-0.4, -0.2) is 45.1 Å². The molecule has 0 unspecified atom stereocenters. The number of hydrazone groups is 2. The third kappa shape index (κ3) is 2.79. The van der Waals surface area contributed by atoms with Crippen LogP contribution in [0.5, 0.6) is 0 Å². The van der Waals surface area contributed by atoms with E-state index in [1.54, 1.807) is 13.8 Å². The molecule has 20 heavy (non-hydrogen) atoms. The number of nitrogens with zero attached hydrogens (tertiary/aromatic N) is 4. The molecule has 0 radical (unpaired) electrons. The Morgan fingerprint density at radius 3 is 1.50 bits per heavy atom. The van der Waals surface area contributed by atoms with Gasteiger partial charge < -0.3 is 0 Å². The summed E-state index contributed by atoms with van der Waals surface area (Å²) in [5.74, 6) is -1.89. The molecule has 2 heterocycles. The minimum atomic E-state index is -0.549. The molecule has 0 N–H and O–H groups in total. The number of imide groups is 2. The van der Waals surface area contributed by atoms with Crippen molar-refractivity contribution >= 4 is 35.1 Å². The van der Waals surface area contributed by atoms with Crippen LogP contribution >= 0.6 is 0 Å². The molecular weight excluding hydrogens is 264 g/mol. The summed E-state index contributed by atoms with van der Waals surface area (Å²) in [4.78, 5) is 46.4. The summed E-state index contributed by atoms with van der Waals surface area (Å²) in [5.41, 5.74) is 1.12. The van der Waals surface area contributed by atoms with E-state index in [1.807, 2.05) is 0 Å². The van der Waals surface area contributed by atoms with Crippen LogP contribution in [0.4, 0.5) is 0 Å². The van der Waals surface area contributed by atoms with E-state index >= 15 is 0 Å². The van der Waals surface area contributed by atoms with Gasteiger partial charge in [-0.2, -0.15) is 20.2 Å². The van der Waals surface area contributed by atoms with Crippen molar-refractivity contribution in [1.29, 1.82) is 0 Å². The molecule has 8 nitrogen and oxygen atoms in total. The van der Waals surface area contributed by atoms with Crippen molar-refractivity contribution in [2.24, 2.45) is 10.2 Å². The molecule has 0 spiro atoms. The Balaban J connectivity index is 1.89. The molecular formula is C12H14N4O4. The highest BCUT2D eigenvalue weighted by Crippen LogP contribution is 2.13. The number of carbonyl (C=O) groups is 4. The molecule has 106 valence electrons. The summed E-state index contributed by atoms with van der Waals surface area (Å²) in [7, 11) is 0. The predicted octanol–water partition coefficient (Wildman–Crippen LogP) is 0.0362. The lowest BCUT2D eigenvalue weighted by Crippen LogP contribution is -2.32. The van der Waals surface area contributed by atoms with Crippen molar-refractivity contribution in [3.63, 3.8) is 0 Å². The fourth-order valence-corrected chi connectivity index (χ4v) is 1.93. The van der Waals surface area contributed by atoms with E-state index in [0.717, 1.165) is 10.0 Å². The van der Waals surface area contributed by atoms with Gasteiger partial charge in [0.15, 0.2) is 0 Å². The van der Waals surface area contributed by atoms with Gasteiger partial charge in [0.05, 0.1) is 12.8 Å². The molecule has 0 bridgehead atoms. The summed E-state index contributed by atoms with van der Waals surface area (Å²) < 4.78 is 0. The molecule has 0 atom stereocenters. The number of hydrogen-bond donors (Lipinski definition) is 0. The van der Waals surface area contributed by atoms with Crippen molar-refractivity contribution in [1.82, 2.24) is 10.0 Å². The van der Waals surface area contributed by atoms with Crippen molar-refractivity contribution in [2.45, 2.75) is 39.5 Å². The minimum absolute atomic E-state index is 0.119. The topological polar surface area (TPSA) is 99.5 Å². The minimum Gasteiger partial charge on any atom is -0.272 e. The summed E-state index contributed by atoms with van der Waals surface area (Å²) >= 11 is 0. The van der Waals surface area contributed by atoms with Gasteiger partial charge in [0.1, 0.15) is 0 Å². The van der Waals surface area contributed by atoms with Crippen LogP contribution in [0.2, 0.25) is 0 Å². The zero-order valence-electron chi connectivity index (χ0n) is 11.3. The maximum atomic E-state index is 11.8. The van der Waals surface area contributed by atoms with Gasteiger partial charge in [-0.1, -0.05) is 0 Å². The Hall–Kier alpha value is -2.38. The van der Waals surface area contributed by atoms with Gasteiger partial charge in [0.25, 0.3) is 11.8 Å². The second-order valence-corrected chi connectivity index (χ2v) is 4.72. The highest BCUT2D eigenvalue weighted by Gasteiger charge is 2.30. The maximum Gasteiger partial charge on any atom is 0.255 e. The van der Waals surface area contributed by atoms with E-state index in [2.05, 4.69) is 10.2 Å². The SMILES string of the molecule is CC1=NN(C(=O)CCC(=O)N2N=C(C)CC2=O)C(=O)C1. The number of carbonyl (C=O) groups excluding carboxylic acids is 4. The van der Waals surface area contributed by atoms with Gasteiger partial charge in [-0.15, -0.1) is 0 Å². The molecule has 0 saturated heterocycles. The lowest BCUT2D eigenvalue weighted by atomic mass is 10.2. The largest absolute Gasteiger partial charge is 0.272 e. The fraction of sp³-hybridized carbons (Fsp3) is 0.500. The number of amides is 4. The zero-order valence-corrected chi connectivity index (χ0v) is 11.3. The summed E-state index contributed by atoms with van der Waals surface area (Å²) in [5, 5.41) is 9.17. The van der Waals surface area contributed by atoms with E-state index in [1.165, 1.54) is 0 Å². The molecule has 4 amide bonds. The molecule has 8 heteroatoms. The first kappa shape index (κ1) is 14.0. The first-order valence-corrected chi connectivity index (χ1v) is 6.18. The maximum absolute atomic E-state index is 11.8. The summed E-state index contributed by atoms with van der Waals surface area (Å²) in [6, 6.07) is 0. The van der Waals surface area contributed by atoms with Crippen molar-refractivity contribution < 1.29 is 19.2 Å². The second-order valence-electron chi connectivity index (χ2n) is 4.72. The zero-order chi connectivity index (χ0) is 14.9. The Kier molecular flexibility index (Phi) is 3.73. The first-order valence-electron chi connectivity index (χ1n) is 6.18. The van der Waals surface area contributed by atoms with Gasteiger partial charge >= 0.3 is 0 Å². The second kappa shape index (κ2) is 5.32. The van der Waals surface area contributed by atoms with Crippen LogP contribution in [0.25, 0.3) is 0 Å². The van der Waals surface area contributed by atoms with E-state index in [0.29, 0.717) is 11.4 Å². The van der Waals surface area contributed by atoms with Crippen LogP contribution in [0, 0.1) is 0 Å². The van der Waals surface area contributed by atoms with Gasteiger partial charge in [0.2, 0.25) is 11.8 Å². The Labute approximate surface area is 115 Å². The fourth-order valence-electron chi connectivity index (χ4n) is 1.93. The van der Waals surface area contributed by atoms with E-state index in [4.69, 9.17) is 0 Å². The lowest BCUT2D eigenvalue weighted by molar-refractivity contribution is -0.147.